The first-order valence-corrected chi connectivity index (χ1v) is 7.92. The summed E-state index contributed by atoms with van der Waals surface area (Å²) < 4.78 is 5.45. The van der Waals surface area contributed by atoms with Crippen molar-refractivity contribution in [2.75, 3.05) is 26.0 Å². The molecule has 1 aliphatic rings. The van der Waals surface area contributed by atoms with Gasteiger partial charge in [-0.3, -0.25) is 14.5 Å². The fourth-order valence-electron chi connectivity index (χ4n) is 2.98. The van der Waals surface area contributed by atoms with Crippen LogP contribution in [0.5, 0.6) is 0 Å². The van der Waals surface area contributed by atoms with Crippen LogP contribution in [0.4, 0.5) is 5.69 Å². The van der Waals surface area contributed by atoms with E-state index in [0.717, 1.165) is 11.3 Å². The number of anilines is 1. The van der Waals surface area contributed by atoms with Gasteiger partial charge in [0.1, 0.15) is 5.76 Å². The second-order valence-corrected chi connectivity index (χ2v) is 6.13. The number of nitrogens with zero attached hydrogens (tertiary/aromatic N) is 1. The van der Waals surface area contributed by atoms with Gasteiger partial charge >= 0.3 is 0 Å². The molecule has 2 N–H and O–H groups in total. The molecule has 6 heteroatoms. The Balaban J connectivity index is 1.72. The molecule has 3 rings (SSSR count). The number of hydrogen-bond acceptors (Lipinski definition) is 4. The fraction of sp³-hybridized carbons (Fsp3) is 0.333. The lowest BCUT2D eigenvalue weighted by Crippen LogP contribution is -2.39. The Morgan fingerprint density at radius 2 is 2.12 bits per heavy atom. The minimum atomic E-state index is -0.464. The van der Waals surface area contributed by atoms with Crippen molar-refractivity contribution in [3.05, 3.63) is 54.0 Å². The number of furan rings is 1. The van der Waals surface area contributed by atoms with Crippen LogP contribution in [0.1, 0.15) is 29.7 Å². The number of likely N-dealkylation sites (N-methyl/N-ethyl adjacent to an activating group) is 1. The molecule has 6 nitrogen and oxygen atoms in total. The minimum absolute atomic E-state index is 0.0587. The average Bonchev–Trinajstić information content (AvgIpc) is 3.07. The summed E-state index contributed by atoms with van der Waals surface area (Å²) in [6.45, 7) is 0.416. The van der Waals surface area contributed by atoms with Gasteiger partial charge in [0.25, 0.3) is 0 Å². The van der Waals surface area contributed by atoms with Crippen molar-refractivity contribution < 1.29 is 14.0 Å². The van der Waals surface area contributed by atoms with Crippen molar-refractivity contribution in [2.24, 2.45) is 0 Å². The van der Waals surface area contributed by atoms with Gasteiger partial charge in [-0.25, -0.2) is 0 Å². The van der Waals surface area contributed by atoms with Gasteiger partial charge < -0.3 is 15.1 Å². The molecule has 1 aromatic heterocycles. The lowest BCUT2D eigenvalue weighted by Gasteiger charge is -2.27. The van der Waals surface area contributed by atoms with E-state index in [1.54, 1.807) is 6.26 Å². The largest absolute Gasteiger partial charge is 0.468 e. The van der Waals surface area contributed by atoms with E-state index in [-0.39, 0.29) is 24.3 Å². The number of fused-ring (bicyclic) bond motifs is 1. The van der Waals surface area contributed by atoms with Crippen molar-refractivity contribution in [1.29, 1.82) is 0 Å². The highest BCUT2D eigenvalue weighted by Gasteiger charge is 2.31. The molecule has 2 amide bonds. The first-order chi connectivity index (χ1) is 11.6. The number of hydrogen-bond donors (Lipinski definition) is 2. The van der Waals surface area contributed by atoms with E-state index in [9.17, 15) is 9.59 Å². The topological polar surface area (TPSA) is 74.6 Å². The van der Waals surface area contributed by atoms with Crippen LogP contribution in [0.2, 0.25) is 0 Å². The Hall–Kier alpha value is -2.60. The van der Waals surface area contributed by atoms with E-state index in [4.69, 9.17) is 4.42 Å². The van der Waals surface area contributed by atoms with Crippen LogP contribution in [0.3, 0.4) is 0 Å². The van der Waals surface area contributed by atoms with Crippen molar-refractivity contribution >= 4 is 17.5 Å². The number of amides is 2. The molecule has 0 unspecified atom stereocenters. The second-order valence-electron chi connectivity index (χ2n) is 6.13. The van der Waals surface area contributed by atoms with Crippen molar-refractivity contribution in [3.63, 3.8) is 0 Å². The van der Waals surface area contributed by atoms with Crippen LogP contribution < -0.4 is 10.6 Å². The Kier molecular flexibility index (Phi) is 4.66. The molecule has 2 aromatic rings. The molecule has 0 aliphatic carbocycles. The summed E-state index contributed by atoms with van der Waals surface area (Å²) in [7, 11) is 3.87. The lowest BCUT2D eigenvalue weighted by molar-refractivity contribution is -0.126. The number of para-hydroxylation sites is 1. The summed E-state index contributed by atoms with van der Waals surface area (Å²) in [6, 6.07) is 11.1. The molecule has 0 bridgehead atoms. The van der Waals surface area contributed by atoms with Gasteiger partial charge in [0.15, 0.2) is 0 Å². The highest BCUT2D eigenvalue weighted by molar-refractivity contribution is 6.01. The number of benzene rings is 1. The Labute approximate surface area is 140 Å². The number of rotatable bonds is 5. The SMILES string of the molecule is CN(C)[C@H](CNC(=O)[C@H]1CC(=O)Nc2ccccc21)c1ccco1. The van der Waals surface area contributed by atoms with E-state index in [0.29, 0.717) is 12.2 Å². The van der Waals surface area contributed by atoms with E-state index in [1.807, 2.05) is 55.4 Å². The predicted molar refractivity (Wildman–Crippen MR) is 90.6 cm³/mol. The predicted octanol–water partition coefficient (Wildman–Crippen LogP) is 2.12. The zero-order chi connectivity index (χ0) is 17.1. The van der Waals surface area contributed by atoms with Gasteiger partial charge in [0.05, 0.1) is 18.2 Å². The third kappa shape index (κ3) is 3.33. The van der Waals surface area contributed by atoms with E-state index >= 15 is 0 Å². The maximum atomic E-state index is 12.7. The third-order valence-corrected chi connectivity index (χ3v) is 4.28. The van der Waals surface area contributed by atoms with Crippen molar-refractivity contribution in [3.8, 4) is 0 Å². The van der Waals surface area contributed by atoms with Gasteiger partial charge in [-0.05, 0) is 37.9 Å². The zero-order valence-electron chi connectivity index (χ0n) is 13.8. The molecule has 1 aromatic carbocycles. The van der Waals surface area contributed by atoms with Crippen LogP contribution in [0, 0.1) is 0 Å². The number of nitrogens with one attached hydrogen (secondary N) is 2. The van der Waals surface area contributed by atoms with Gasteiger partial charge in [-0.2, -0.15) is 0 Å². The molecule has 1 aliphatic heterocycles. The van der Waals surface area contributed by atoms with Gasteiger partial charge in [0.2, 0.25) is 11.8 Å². The van der Waals surface area contributed by atoms with Crippen LogP contribution in [-0.2, 0) is 9.59 Å². The maximum absolute atomic E-state index is 12.7. The molecule has 0 radical (unpaired) electrons. The molecule has 0 saturated carbocycles. The Bertz CT molecular complexity index is 725. The second kappa shape index (κ2) is 6.88. The first kappa shape index (κ1) is 16.3. The Morgan fingerprint density at radius 3 is 2.83 bits per heavy atom. The highest BCUT2D eigenvalue weighted by atomic mass is 16.3. The molecule has 24 heavy (non-hydrogen) atoms. The molecular formula is C18H21N3O3. The van der Waals surface area contributed by atoms with Crippen molar-refractivity contribution in [1.82, 2.24) is 10.2 Å². The van der Waals surface area contributed by atoms with Crippen LogP contribution in [-0.4, -0.2) is 37.4 Å². The molecule has 2 atom stereocenters. The smallest absolute Gasteiger partial charge is 0.228 e. The summed E-state index contributed by atoms with van der Waals surface area (Å²) >= 11 is 0. The van der Waals surface area contributed by atoms with E-state index in [2.05, 4.69) is 10.6 Å². The van der Waals surface area contributed by atoms with Gasteiger partial charge in [-0.1, -0.05) is 18.2 Å². The number of carbonyl (C=O) groups is 2. The number of carbonyl (C=O) groups excluding carboxylic acids is 2. The monoisotopic (exact) mass is 327 g/mol. The zero-order valence-corrected chi connectivity index (χ0v) is 13.8. The summed E-state index contributed by atoms with van der Waals surface area (Å²) in [4.78, 5) is 26.5. The normalized spacial score (nSPS) is 18.0. The van der Waals surface area contributed by atoms with E-state index < -0.39 is 5.92 Å². The summed E-state index contributed by atoms with van der Waals surface area (Å²) in [6.07, 6.45) is 1.78. The first-order valence-electron chi connectivity index (χ1n) is 7.92. The molecule has 2 heterocycles. The minimum Gasteiger partial charge on any atom is -0.468 e. The van der Waals surface area contributed by atoms with Gasteiger partial charge in [-0.15, -0.1) is 0 Å². The molecular weight excluding hydrogens is 306 g/mol. The maximum Gasteiger partial charge on any atom is 0.228 e. The van der Waals surface area contributed by atoms with E-state index in [1.165, 1.54) is 0 Å². The van der Waals surface area contributed by atoms with Crippen LogP contribution >= 0.6 is 0 Å². The summed E-state index contributed by atoms with van der Waals surface area (Å²) in [5.74, 6) is 0.0520. The Morgan fingerprint density at radius 1 is 1.33 bits per heavy atom. The third-order valence-electron chi connectivity index (χ3n) is 4.28. The summed E-state index contributed by atoms with van der Waals surface area (Å²) in [5, 5.41) is 5.77. The molecule has 0 saturated heterocycles. The lowest BCUT2D eigenvalue weighted by atomic mass is 9.90. The van der Waals surface area contributed by atoms with Gasteiger partial charge in [0, 0.05) is 18.7 Å². The van der Waals surface area contributed by atoms with Crippen molar-refractivity contribution in [2.45, 2.75) is 18.4 Å². The molecule has 0 fully saturated rings. The molecule has 126 valence electrons. The van der Waals surface area contributed by atoms with Crippen LogP contribution in [0.15, 0.2) is 47.1 Å². The average molecular weight is 327 g/mol. The molecule has 0 spiro atoms. The fourth-order valence-corrected chi connectivity index (χ4v) is 2.98. The standard InChI is InChI=1S/C18H21N3O3/c1-21(2)15(16-8-5-9-24-16)11-19-18(23)13-10-17(22)20-14-7-4-3-6-12(13)14/h3-9,13,15H,10-11H2,1-2H3,(H,19,23)(H,20,22)/t13-,15+/m0/s1. The summed E-state index contributed by atoms with van der Waals surface area (Å²) in [5.41, 5.74) is 1.57. The quantitative estimate of drug-likeness (QED) is 0.882. The highest BCUT2D eigenvalue weighted by Crippen LogP contribution is 2.32. The van der Waals surface area contributed by atoms with Crippen LogP contribution in [0.25, 0.3) is 0 Å².